The predicted octanol–water partition coefficient (Wildman–Crippen LogP) is 1.25. The molecule has 0 atom stereocenters. The number of nitrogens with two attached hydrogens (primary N) is 1. The number of ketones is 1. The van der Waals surface area contributed by atoms with E-state index in [-0.39, 0.29) is 5.78 Å². The lowest BCUT2D eigenvalue weighted by molar-refractivity contribution is 0.101. The third kappa shape index (κ3) is 3.31. The summed E-state index contributed by atoms with van der Waals surface area (Å²) < 4.78 is 1.68. The molecule has 2 rings (SSSR count). The van der Waals surface area contributed by atoms with Gasteiger partial charge in [-0.25, -0.2) is 4.98 Å². The average Bonchev–Trinajstić information content (AvgIpc) is 2.75. The summed E-state index contributed by atoms with van der Waals surface area (Å²) in [6, 6.07) is 5.35. The second kappa shape index (κ2) is 5.51. The number of nitrogens with zero attached hydrogens (tertiary/aromatic N) is 3. The first-order valence-electron chi connectivity index (χ1n) is 6.05. The van der Waals surface area contributed by atoms with Crippen molar-refractivity contribution in [1.82, 2.24) is 14.8 Å². The predicted molar refractivity (Wildman–Crippen MR) is 74.1 cm³/mol. The summed E-state index contributed by atoms with van der Waals surface area (Å²) in [5, 5.41) is 7.42. The fourth-order valence-electron chi connectivity index (χ4n) is 1.81. The molecular weight excluding hydrogens is 242 g/mol. The Bertz CT molecular complexity index is 590. The number of carbonyl (C=O) groups is 1. The lowest BCUT2D eigenvalue weighted by atomic mass is 10.1. The number of Topliss-reactive ketones (excluding diaryl/α,β-unsaturated/α-hetero) is 1. The maximum atomic E-state index is 11.3. The average molecular weight is 259 g/mol. The molecule has 0 saturated carbocycles. The van der Waals surface area contributed by atoms with Crippen LogP contribution in [0.1, 0.15) is 23.1 Å². The Kier molecular flexibility index (Phi) is 3.79. The molecule has 0 aliphatic heterocycles. The van der Waals surface area contributed by atoms with Gasteiger partial charge < -0.3 is 11.1 Å². The number of benzene rings is 1. The molecular formula is C13H17N5O. The molecule has 1 heterocycles. The Morgan fingerprint density at radius 3 is 2.84 bits per heavy atom. The van der Waals surface area contributed by atoms with Crippen LogP contribution in [0.25, 0.3) is 0 Å². The summed E-state index contributed by atoms with van der Waals surface area (Å²) in [6.07, 6.45) is 2.41. The number of anilines is 2. The minimum absolute atomic E-state index is 0.0262. The van der Waals surface area contributed by atoms with E-state index in [9.17, 15) is 4.79 Å². The van der Waals surface area contributed by atoms with Gasteiger partial charge in [0.2, 0.25) is 0 Å². The quantitative estimate of drug-likeness (QED) is 0.623. The molecule has 6 heteroatoms. The summed E-state index contributed by atoms with van der Waals surface area (Å²) in [5.74, 6) is 0.769. The second-order valence-electron chi connectivity index (χ2n) is 4.37. The van der Waals surface area contributed by atoms with E-state index in [1.165, 1.54) is 6.92 Å². The molecule has 2 aromatic rings. The third-order valence-corrected chi connectivity index (χ3v) is 2.76. The molecule has 0 aliphatic carbocycles. The third-order valence-electron chi connectivity index (χ3n) is 2.76. The van der Waals surface area contributed by atoms with Crippen molar-refractivity contribution in [3.8, 4) is 0 Å². The van der Waals surface area contributed by atoms with Crippen molar-refractivity contribution >= 4 is 17.2 Å². The molecule has 0 saturated heterocycles. The topological polar surface area (TPSA) is 85.8 Å². The van der Waals surface area contributed by atoms with E-state index in [1.807, 2.05) is 13.1 Å². The fraction of sp³-hybridized carbons (Fsp3) is 0.308. The standard InChI is InChI=1S/C13H17N5O/c1-9(19)11-4-3-10(7-12(11)14)15-6-5-13-16-8-18(2)17-13/h3-4,7-8,15H,5-6,14H2,1-2H3. The normalized spacial score (nSPS) is 10.4. The van der Waals surface area contributed by atoms with Gasteiger partial charge in [0.25, 0.3) is 0 Å². The minimum Gasteiger partial charge on any atom is -0.398 e. The first-order chi connectivity index (χ1) is 9.06. The molecule has 0 bridgehead atoms. The largest absolute Gasteiger partial charge is 0.398 e. The zero-order valence-corrected chi connectivity index (χ0v) is 11.1. The lowest BCUT2D eigenvalue weighted by Crippen LogP contribution is -2.07. The van der Waals surface area contributed by atoms with Gasteiger partial charge in [0, 0.05) is 37.0 Å². The van der Waals surface area contributed by atoms with E-state index in [4.69, 9.17) is 5.73 Å². The Morgan fingerprint density at radius 2 is 2.26 bits per heavy atom. The molecule has 0 radical (unpaired) electrons. The number of nitrogen functional groups attached to an aromatic ring is 1. The van der Waals surface area contributed by atoms with Gasteiger partial charge >= 0.3 is 0 Å². The number of carbonyl (C=O) groups excluding carboxylic acids is 1. The van der Waals surface area contributed by atoms with Crippen LogP contribution in [-0.2, 0) is 13.5 Å². The highest BCUT2D eigenvalue weighted by atomic mass is 16.1. The van der Waals surface area contributed by atoms with Crippen molar-refractivity contribution in [2.45, 2.75) is 13.3 Å². The Hall–Kier alpha value is -2.37. The number of hydrogen-bond donors (Lipinski definition) is 2. The Balaban J connectivity index is 1.93. The van der Waals surface area contributed by atoms with Crippen LogP contribution in [0.4, 0.5) is 11.4 Å². The minimum atomic E-state index is -0.0262. The fourth-order valence-corrected chi connectivity index (χ4v) is 1.81. The summed E-state index contributed by atoms with van der Waals surface area (Å²) in [5.41, 5.74) is 7.75. The zero-order chi connectivity index (χ0) is 13.8. The monoisotopic (exact) mass is 259 g/mol. The van der Waals surface area contributed by atoms with Crippen molar-refractivity contribution in [1.29, 1.82) is 0 Å². The molecule has 100 valence electrons. The van der Waals surface area contributed by atoms with Gasteiger partial charge in [0.05, 0.1) is 0 Å². The first kappa shape index (κ1) is 13.1. The van der Waals surface area contributed by atoms with Crippen molar-refractivity contribution in [2.24, 2.45) is 7.05 Å². The highest BCUT2D eigenvalue weighted by Gasteiger charge is 2.05. The van der Waals surface area contributed by atoms with E-state index in [0.717, 1.165) is 17.9 Å². The van der Waals surface area contributed by atoms with Crippen LogP contribution in [0, 0.1) is 0 Å². The van der Waals surface area contributed by atoms with Crippen LogP contribution in [-0.4, -0.2) is 27.1 Å². The molecule has 1 aromatic heterocycles. The Labute approximate surface area is 111 Å². The van der Waals surface area contributed by atoms with Crippen molar-refractivity contribution in [2.75, 3.05) is 17.6 Å². The molecule has 0 spiro atoms. The second-order valence-corrected chi connectivity index (χ2v) is 4.37. The van der Waals surface area contributed by atoms with Crippen LogP contribution in [0.2, 0.25) is 0 Å². The van der Waals surface area contributed by atoms with Crippen LogP contribution < -0.4 is 11.1 Å². The molecule has 0 amide bonds. The molecule has 0 fully saturated rings. The first-order valence-corrected chi connectivity index (χ1v) is 6.05. The van der Waals surface area contributed by atoms with Crippen LogP contribution in [0.15, 0.2) is 24.5 Å². The van der Waals surface area contributed by atoms with E-state index >= 15 is 0 Å². The molecule has 1 aromatic carbocycles. The maximum Gasteiger partial charge on any atom is 0.161 e. The summed E-state index contributed by atoms with van der Waals surface area (Å²) in [4.78, 5) is 15.4. The van der Waals surface area contributed by atoms with Crippen LogP contribution in [0.3, 0.4) is 0 Å². The highest BCUT2D eigenvalue weighted by Crippen LogP contribution is 2.18. The number of hydrogen-bond acceptors (Lipinski definition) is 5. The van der Waals surface area contributed by atoms with Gasteiger partial charge in [0.15, 0.2) is 11.6 Å². The van der Waals surface area contributed by atoms with Gasteiger partial charge in [-0.05, 0) is 25.1 Å². The highest BCUT2D eigenvalue weighted by molar-refractivity contribution is 5.99. The number of rotatable bonds is 5. The summed E-state index contributed by atoms with van der Waals surface area (Å²) in [6.45, 7) is 2.22. The number of aryl methyl sites for hydroxylation is 1. The van der Waals surface area contributed by atoms with Gasteiger partial charge in [0.1, 0.15) is 6.33 Å². The molecule has 0 unspecified atom stereocenters. The van der Waals surface area contributed by atoms with Crippen molar-refractivity contribution in [3.63, 3.8) is 0 Å². The van der Waals surface area contributed by atoms with Crippen LogP contribution >= 0.6 is 0 Å². The van der Waals surface area contributed by atoms with Gasteiger partial charge in [-0.1, -0.05) is 0 Å². The van der Waals surface area contributed by atoms with E-state index in [2.05, 4.69) is 15.4 Å². The van der Waals surface area contributed by atoms with Crippen molar-refractivity contribution < 1.29 is 4.79 Å². The summed E-state index contributed by atoms with van der Waals surface area (Å²) >= 11 is 0. The van der Waals surface area contributed by atoms with Crippen molar-refractivity contribution in [3.05, 3.63) is 35.9 Å². The molecule has 6 nitrogen and oxygen atoms in total. The van der Waals surface area contributed by atoms with Gasteiger partial charge in [-0.15, -0.1) is 0 Å². The smallest absolute Gasteiger partial charge is 0.161 e. The summed E-state index contributed by atoms with van der Waals surface area (Å²) in [7, 11) is 1.84. The number of nitrogens with one attached hydrogen (secondary N) is 1. The van der Waals surface area contributed by atoms with E-state index < -0.39 is 0 Å². The lowest BCUT2D eigenvalue weighted by Gasteiger charge is -2.08. The SMILES string of the molecule is CC(=O)c1ccc(NCCc2ncn(C)n2)cc1N. The van der Waals surface area contributed by atoms with Gasteiger partial charge in [-0.3, -0.25) is 9.48 Å². The zero-order valence-electron chi connectivity index (χ0n) is 11.1. The van der Waals surface area contributed by atoms with Crippen LogP contribution in [0.5, 0.6) is 0 Å². The van der Waals surface area contributed by atoms with Gasteiger partial charge in [-0.2, -0.15) is 5.10 Å². The molecule has 3 N–H and O–H groups in total. The number of aromatic nitrogens is 3. The maximum absolute atomic E-state index is 11.3. The van der Waals surface area contributed by atoms with E-state index in [0.29, 0.717) is 17.8 Å². The molecule has 19 heavy (non-hydrogen) atoms. The Morgan fingerprint density at radius 1 is 1.47 bits per heavy atom. The van der Waals surface area contributed by atoms with E-state index in [1.54, 1.807) is 23.1 Å². The molecule has 0 aliphatic rings.